The fourth-order valence-corrected chi connectivity index (χ4v) is 5.10. The highest BCUT2D eigenvalue weighted by atomic mass is 32.2. The predicted octanol–water partition coefficient (Wildman–Crippen LogP) is 2.59. The van der Waals surface area contributed by atoms with Gasteiger partial charge in [0.1, 0.15) is 0 Å². The maximum Gasteiger partial charge on any atom is 0.243 e. The number of piperidine rings is 1. The minimum atomic E-state index is -3.60. The minimum Gasteiger partial charge on any atom is -0.354 e. The number of hydrogen-bond donors (Lipinski definition) is 1. The number of aryl methyl sites for hydroxylation is 1. The van der Waals surface area contributed by atoms with E-state index < -0.39 is 10.0 Å². The summed E-state index contributed by atoms with van der Waals surface area (Å²) < 4.78 is 29.7. The van der Waals surface area contributed by atoms with Gasteiger partial charge in [0.15, 0.2) is 0 Å². The molecule has 0 radical (unpaired) electrons. The van der Waals surface area contributed by atoms with Crippen LogP contribution in [0.2, 0.25) is 0 Å². The summed E-state index contributed by atoms with van der Waals surface area (Å²) in [5, 5.41) is 3.81. The van der Waals surface area contributed by atoms with E-state index in [1.54, 1.807) is 12.1 Å². The van der Waals surface area contributed by atoms with E-state index in [-0.39, 0.29) is 24.4 Å². The molecule has 1 unspecified atom stereocenters. The molecule has 2 heterocycles. The largest absolute Gasteiger partial charge is 0.354 e. The summed E-state index contributed by atoms with van der Waals surface area (Å²) in [6.45, 7) is 7.42. The number of aromatic nitrogens is 1. The Morgan fingerprint density at radius 3 is 2.77 bits per heavy atom. The van der Waals surface area contributed by atoms with Crippen LogP contribution in [0.4, 0.5) is 0 Å². The third kappa shape index (κ3) is 3.64. The molecule has 1 aromatic carbocycles. The van der Waals surface area contributed by atoms with Crippen LogP contribution in [0.15, 0.2) is 35.4 Å². The summed E-state index contributed by atoms with van der Waals surface area (Å²) in [6.07, 6.45) is 3.39. The Morgan fingerprint density at radius 1 is 1.31 bits per heavy atom. The SMILES string of the molecule is CCn1ccc2cc(S(=O)(=O)N3CCCC(C(=O)NC(C)C)C3)ccc21. The van der Waals surface area contributed by atoms with Crippen molar-refractivity contribution in [2.75, 3.05) is 13.1 Å². The number of rotatable bonds is 5. The highest BCUT2D eigenvalue weighted by Gasteiger charge is 2.33. The quantitative estimate of drug-likeness (QED) is 0.871. The van der Waals surface area contributed by atoms with Crippen LogP contribution in [-0.2, 0) is 21.4 Å². The van der Waals surface area contributed by atoms with Gasteiger partial charge in [-0.25, -0.2) is 8.42 Å². The Morgan fingerprint density at radius 2 is 2.08 bits per heavy atom. The van der Waals surface area contributed by atoms with Gasteiger partial charge in [-0.15, -0.1) is 0 Å². The Kier molecular flexibility index (Phi) is 5.39. The van der Waals surface area contributed by atoms with E-state index in [4.69, 9.17) is 0 Å². The van der Waals surface area contributed by atoms with E-state index in [0.717, 1.165) is 23.9 Å². The number of nitrogens with one attached hydrogen (secondary N) is 1. The third-order valence-electron chi connectivity index (χ3n) is 4.91. The zero-order valence-corrected chi connectivity index (χ0v) is 16.4. The fourth-order valence-electron chi connectivity index (χ4n) is 3.54. The Hall–Kier alpha value is -1.86. The Bertz CT molecular complexity index is 902. The number of benzene rings is 1. The van der Waals surface area contributed by atoms with Crippen molar-refractivity contribution in [1.82, 2.24) is 14.2 Å². The molecule has 6 nitrogen and oxygen atoms in total. The van der Waals surface area contributed by atoms with Crippen molar-refractivity contribution in [1.29, 1.82) is 0 Å². The molecule has 1 fully saturated rings. The van der Waals surface area contributed by atoms with Gasteiger partial charge in [0.05, 0.1) is 10.8 Å². The van der Waals surface area contributed by atoms with E-state index in [2.05, 4.69) is 16.8 Å². The summed E-state index contributed by atoms with van der Waals surface area (Å²) >= 11 is 0. The van der Waals surface area contributed by atoms with Crippen molar-refractivity contribution in [3.8, 4) is 0 Å². The van der Waals surface area contributed by atoms with Crippen molar-refractivity contribution in [2.45, 2.75) is 51.1 Å². The van der Waals surface area contributed by atoms with Crippen LogP contribution >= 0.6 is 0 Å². The van der Waals surface area contributed by atoms with E-state index >= 15 is 0 Å². The van der Waals surface area contributed by atoms with Gasteiger partial charge < -0.3 is 9.88 Å². The summed E-state index contributed by atoms with van der Waals surface area (Å²) in [4.78, 5) is 12.6. The average Bonchev–Trinajstić information content (AvgIpc) is 3.03. The normalized spacial score (nSPS) is 19.2. The Labute approximate surface area is 155 Å². The zero-order chi connectivity index (χ0) is 18.9. The van der Waals surface area contributed by atoms with Crippen molar-refractivity contribution in [3.63, 3.8) is 0 Å². The first-order valence-electron chi connectivity index (χ1n) is 9.22. The molecule has 142 valence electrons. The lowest BCUT2D eigenvalue weighted by atomic mass is 9.98. The first-order chi connectivity index (χ1) is 12.3. The van der Waals surface area contributed by atoms with Gasteiger partial charge in [0.25, 0.3) is 0 Å². The minimum absolute atomic E-state index is 0.0551. The number of sulfonamides is 1. The standard InChI is InChI=1S/C19H27N3O3S/c1-4-21-11-9-15-12-17(7-8-18(15)21)26(24,25)22-10-5-6-16(13-22)19(23)20-14(2)3/h7-9,11-12,14,16H,4-6,10,13H2,1-3H3,(H,20,23). The van der Waals surface area contributed by atoms with Crippen LogP contribution in [0.5, 0.6) is 0 Å². The molecule has 1 atom stereocenters. The van der Waals surface area contributed by atoms with Gasteiger partial charge in [0.2, 0.25) is 15.9 Å². The number of carbonyl (C=O) groups is 1. The molecule has 1 saturated heterocycles. The molecule has 1 aromatic heterocycles. The lowest BCUT2D eigenvalue weighted by Crippen LogP contribution is -2.46. The highest BCUT2D eigenvalue weighted by Crippen LogP contribution is 2.27. The molecule has 2 aromatic rings. The molecule has 3 rings (SSSR count). The molecule has 26 heavy (non-hydrogen) atoms. The molecule has 1 N–H and O–H groups in total. The lowest BCUT2D eigenvalue weighted by molar-refractivity contribution is -0.126. The predicted molar refractivity (Wildman–Crippen MR) is 102 cm³/mol. The first kappa shape index (κ1) is 18.9. The topological polar surface area (TPSA) is 71.4 Å². The summed E-state index contributed by atoms with van der Waals surface area (Å²) in [5.74, 6) is -0.346. The highest BCUT2D eigenvalue weighted by molar-refractivity contribution is 7.89. The van der Waals surface area contributed by atoms with Gasteiger partial charge in [-0.05, 0) is 57.9 Å². The molecule has 1 aliphatic heterocycles. The fraction of sp³-hybridized carbons (Fsp3) is 0.526. The van der Waals surface area contributed by atoms with E-state index in [9.17, 15) is 13.2 Å². The summed E-state index contributed by atoms with van der Waals surface area (Å²) in [7, 11) is -3.60. The van der Waals surface area contributed by atoms with Crippen LogP contribution in [0.1, 0.15) is 33.6 Å². The van der Waals surface area contributed by atoms with Crippen LogP contribution in [0, 0.1) is 5.92 Å². The summed E-state index contributed by atoms with van der Waals surface area (Å²) in [5.41, 5.74) is 1.03. The maximum atomic E-state index is 13.1. The third-order valence-corrected chi connectivity index (χ3v) is 6.77. The lowest BCUT2D eigenvalue weighted by Gasteiger charge is -2.31. The van der Waals surface area contributed by atoms with Crippen LogP contribution < -0.4 is 5.32 Å². The molecule has 1 amide bonds. The second kappa shape index (κ2) is 7.40. The van der Waals surface area contributed by atoms with E-state index in [0.29, 0.717) is 17.9 Å². The van der Waals surface area contributed by atoms with Gasteiger partial charge in [0, 0.05) is 42.8 Å². The zero-order valence-electron chi connectivity index (χ0n) is 15.6. The molecule has 0 saturated carbocycles. The molecule has 0 bridgehead atoms. The van der Waals surface area contributed by atoms with Gasteiger partial charge in [-0.3, -0.25) is 4.79 Å². The van der Waals surface area contributed by atoms with Crippen molar-refractivity contribution < 1.29 is 13.2 Å². The smallest absolute Gasteiger partial charge is 0.243 e. The van der Waals surface area contributed by atoms with Crippen LogP contribution in [0.3, 0.4) is 0 Å². The second-order valence-electron chi connectivity index (χ2n) is 7.19. The number of nitrogens with zero attached hydrogens (tertiary/aromatic N) is 2. The first-order valence-corrected chi connectivity index (χ1v) is 10.7. The molecule has 0 spiro atoms. The maximum absolute atomic E-state index is 13.1. The van der Waals surface area contributed by atoms with Crippen LogP contribution in [-0.4, -0.2) is 42.3 Å². The van der Waals surface area contributed by atoms with Gasteiger partial charge in [-0.1, -0.05) is 0 Å². The van der Waals surface area contributed by atoms with Gasteiger partial charge >= 0.3 is 0 Å². The number of amides is 1. The molecule has 7 heteroatoms. The van der Waals surface area contributed by atoms with Gasteiger partial charge in [-0.2, -0.15) is 4.31 Å². The molecule has 1 aliphatic rings. The van der Waals surface area contributed by atoms with Crippen molar-refractivity contribution in [2.24, 2.45) is 5.92 Å². The van der Waals surface area contributed by atoms with Crippen LogP contribution in [0.25, 0.3) is 10.9 Å². The van der Waals surface area contributed by atoms with Crippen molar-refractivity contribution >= 4 is 26.8 Å². The van der Waals surface area contributed by atoms with E-state index in [1.165, 1.54) is 4.31 Å². The number of carbonyl (C=O) groups excluding carboxylic acids is 1. The number of fused-ring (bicyclic) bond motifs is 1. The Balaban J connectivity index is 1.84. The monoisotopic (exact) mass is 377 g/mol. The average molecular weight is 378 g/mol. The molecule has 0 aliphatic carbocycles. The summed E-state index contributed by atoms with van der Waals surface area (Å²) in [6, 6.07) is 7.25. The van der Waals surface area contributed by atoms with E-state index in [1.807, 2.05) is 32.2 Å². The number of hydrogen-bond acceptors (Lipinski definition) is 3. The second-order valence-corrected chi connectivity index (χ2v) is 9.13. The molecular weight excluding hydrogens is 350 g/mol. The molecular formula is C19H27N3O3S. The van der Waals surface area contributed by atoms with Crippen molar-refractivity contribution in [3.05, 3.63) is 30.5 Å².